The van der Waals surface area contributed by atoms with Crippen molar-refractivity contribution >= 4 is 11.9 Å². The summed E-state index contributed by atoms with van der Waals surface area (Å²) < 4.78 is 1.65. The van der Waals surface area contributed by atoms with Crippen molar-refractivity contribution in [3.05, 3.63) is 99.9 Å². The van der Waals surface area contributed by atoms with Crippen molar-refractivity contribution in [3.63, 3.8) is 0 Å². The number of fused-ring (bicyclic) bond motifs is 1. The number of aromatic carboxylic acids is 1. The number of benzene rings is 2. The van der Waals surface area contributed by atoms with Crippen LogP contribution in [0.3, 0.4) is 0 Å². The SMILES string of the molecule is CCc1cc(CC2CCc3cccc(-c4cccc(-n5ncc(C(=O)O)c5CC)n4)c32)ccc1C1CCN(C(=O)C(C)O)CC1. The fraction of sp³-hybridized carbons (Fsp3) is 0.405. The number of aliphatic hydroxyl groups excluding tert-OH is 1. The second-order valence-electron chi connectivity index (χ2n) is 12.4. The first kappa shape index (κ1) is 30.7. The van der Waals surface area contributed by atoms with Crippen molar-refractivity contribution in [2.75, 3.05) is 13.1 Å². The van der Waals surface area contributed by atoms with Gasteiger partial charge in [-0.1, -0.05) is 56.3 Å². The lowest BCUT2D eigenvalue weighted by atomic mass is 9.83. The van der Waals surface area contributed by atoms with Crippen molar-refractivity contribution < 1.29 is 19.8 Å². The van der Waals surface area contributed by atoms with E-state index in [9.17, 15) is 19.8 Å². The summed E-state index contributed by atoms with van der Waals surface area (Å²) in [7, 11) is 0. The maximum absolute atomic E-state index is 12.3. The lowest BCUT2D eigenvalue weighted by Crippen LogP contribution is -2.42. The predicted molar refractivity (Wildman–Crippen MR) is 174 cm³/mol. The minimum absolute atomic E-state index is 0.169. The van der Waals surface area contributed by atoms with Crippen LogP contribution in [0.5, 0.6) is 0 Å². The van der Waals surface area contributed by atoms with Crippen LogP contribution in [-0.4, -0.2) is 60.9 Å². The molecule has 8 heteroatoms. The van der Waals surface area contributed by atoms with Gasteiger partial charge < -0.3 is 15.1 Å². The first-order valence-corrected chi connectivity index (χ1v) is 16.3. The molecule has 45 heavy (non-hydrogen) atoms. The molecule has 6 rings (SSSR count). The highest BCUT2D eigenvalue weighted by atomic mass is 16.4. The third-order valence-corrected chi connectivity index (χ3v) is 9.70. The lowest BCUT2D eigenvalue weighted by Gasteiger charge is -2.34. The van der Waals surface area contributed by atoms with E-state index in [1.165, 1.54) is 34.0 Å². The number of aliphatic hydroxyl groups is 1. The number of piperidine rings is 1. The van der Waals surface area contributed by atoms with Gasteiger partial charge in [-0.05, 0) is 104 Å². The molecule has 2 unspecified atom stereocenters. The zero-order chi connectivity index (χ0) is 31.7. The molecule has 2 aromatic carbocycles. The van der Waals surface area contributed by atoms with Crippen LogP contribution in [0, 0.1) is 0 Å². The maximum atomic E-state index is 12.3. The molecule has 0 spiro atoms. The summed E-state index contributed by atoms with van der Waals surface area (Å²) in [5.41, 5.74) is 9.71. The van der Waals surface area contributed by atoms with Gasteiger partial charge in [-0.25, -0.2) is 14.5 Å². The Morgan fingerprint density at radius 3 is 2.49 bits per heavy atom. The predicted octanol–water partition coefficient (Wildman–Crippen LogP) is 6.12. The average Bonchev–Trinajstić information content (AvgIpc) is 3.69. The van der Waals surface area contributed by atoms with Gasteiger partial charge in [0.15, 0.2) is 5.82 Å². The quantitative estimate of drug-likeness (QED) is 0.238. The van der Waals surface area contributed by atoms with Crippen LogP contribution in [0.15, 0.2) is 60.8 Å². The van der Waals surface area contributed by atoms with Crippen LogP contribution in [-0.2, 0) is 30.5 Å². The molecule has 1 aliphatic heterocycles. The van der Waals surface area contributed by atoms with Crippen molar-refractivity contribution in [2.24, 2.45) is 0 Å². The van der Waals surface area contributed by atoms with Crippen LogP contribution in [0.2, 0.25) is 0 Å². The van der Waals surface area contributed by atoms with E-state index >= 15 is 0 Å². The zero-order valence-electron chi connectivity index (χ0n) is 26.4. The zero-order valence-corrected chi connectivity index (χ0v) is 26.4. The first-order chi connectivity index (χ1) is 21.8. The molecule has 2 atom stereocenters. The molecule has 4 aromatic rings. The second kappa shape index (κ2) is 13.0. The number of hydrogen-bond donors (Lipinski definition) is 2. The van der Waals surface area contributed by atoms with Crippen molar-refractivity contribution in [2.45, 2.75) is 83.7 Å². The van der Waals surface area contributed by atoms with E-state index in [0.717, 1.165) is 49.8 Å². The Morgan fingerprint density at radius 1 is 1.00 bits per heavy atom. The molecule has 0 radical (unpaired) electrons. The van der Waals surface area contributed by atoms with Gasteiger partial charge in [0, 0.05) is 18.7 Å². The van der Waals surface area contributed by atoms with E-state index in [4.69, 9.17) is 4.98 Å². The number of amides is 1. The maximum Gasteiger partial charge on any atom is 0.339 e. The molecule has 1 saturated heterocycles. The van der Waals surface area contributed by atoms with Gasteiger partial charge in [0.2, 0.25) is 0 Å². The number of likely N-dealkylation sites (tertiary alicyclic amines) is 1. The molecule has 2 aromatic heterocycles. The fourth-order valence-electron chi connectivity index (χ4n) is 7.45. The van der Waals surface area contributed by atoms with Crippen LogP contribution >= 0.6 is 0 Å². The summed E-state index contributed by atoms with van der Waals surface area (Å²) in [5.74, 6) is 0.275. The van der Waals surface area contributed by atoms with E-state index in [-0.39, 0.29) is 11.5 Å². The number of rotatable bonds is 9. The number of nitrogens with zero attached hydrogens (tertiary/aromatic N) is 4. The molecular formula is C37H42N4O4. The largest absolute Gasteiger partial charge is 0.478 e. The number of carboxylic acids is 1. The van der Waals surface area contributed by atoms with Crippen LogP contribution in [0.4, 0.5) is 0 Å². The Bertz CT molecular complexity index is 1720. The average molecular weight is 607 g/mol. The van der Waals surface area contributed by atoms with E-state index < -0.39 is 12.1 Å². The highest BCUT2D eigenvalue weighted by Gasteiger charge is 2.29. The Labute approximate surface area is 264 Å². The molecule has 2 N–H and O–H groups in total. The van der Waals surface area contributed by atoms with Crippen LogP contribution in [0.1, 0.15) is 95.7 Å². The van der Waals surface area contributed by atoms with Crippen LogP contribution in [0.25, 0.3) is 17.1 Å². The highest BCUT2D eigenvalue weighted by molar-refractivity contribution is 5.88. The highest BCUT2D eigenvalue weighted by Crippen LogP contribution is 2.42. The van der Waals surface area contributed by atoms with E-state index in [0.29, 0.717) is 42.9 Å². The minimum Gasteiger partial charge on any atom is -0.478 e. The monoisotopic (exact) mass is 606 g/mol. The topological polar surface area (TPSA) is 109 Å². The number of pyridine rings is 1. The third kappa shape index (κ3) is 6.03. The Morgan fingerprint density at radius 2 is 1.78 bits per heavy atom. The van der Waals surface area contributed by atoms with Gasteiger partial charge in [0.1, 0.15) is 11.7 Å². The van der Waals surface area contributed by atoms with Crippen molar-refractivity contribution in [1.29, 1.82) is 0 Å². The van der Waals surface area contributed by atoms with Crippen LogP contribution < -0.4 is 0 Å². The molecule has 0 bridgehead atoms. The Kier molecular flexibility index (Phi) is 8.85. The number of aryl methyl sites for hydroxylation is 2. The van der Waals surface area contributed by atoms with Gasteiger partial charge in [-0.3, -0.25) is 4.79 Å². The van der Waals surface area contributed by atoms with E-state index in [2.05, 4.69) is 48.4 Å². The smallest absolute Gasteiger partial charge is 0.339 e. The summed E-state index contributed by atoms with van der Waals surface area (Å²) in [5, 5.41) is 23.7. The molecular weight excluding hydrogens is 564 g/mol. The van der Waals surface area contributed by atoms with Crippen molar-refractivity contribution in [1.82, 2.24) is 19.7 Å². The van der Waals surface area contributed by atoms with Gasteiger partial charge in [-0.2, -0.15) is 5.10 Å². The number of hydrogen-bond acceptors (Lipinski definition) is 5. The summed E-state index contributed by atoms with van der Waals surface area (Å²) >= 11 is 0. The van der Waals surface area contributed by atoms with Crippen molar-refractivity contribution in [3.8, 4) is 17.1 Å². The first-order valence-electron chi connectivity index (χ1n) is 16.3. The number of aromatic nitrogens is 3. The molecule has 1 fully saturated rings. The van der Waals surface area contributed by atoms with Gasteiger partial charge in [-0.15, -0.1) is 0 Å². The number of carbonyl (C=O) groups is 2. The third-order valence-electron chi connectivity index (χ3n) is 9.70. The van der Waals surface area contributed by atoms with E-state index in [1.54, 1.807) is 16.5 Å². The molecule has 1 aliphatic carbocycles. The lowest BCUT2D eigenvalue weighted by molar-refractivity contribution is -0.140. The molecule has 0 saturated carbocycles. The molecule has 1 amide bonds. The fourth-order valence-corrected chi connectivity index (χ4v) is 7.45. The number of carbonyl (C=O) groups excluding carboxylic acids is 1. The summed E-state index contributed by atoms with van der Waals surface area (Å²) in [4.78, 5) is 30.8. The summed E-state index contributed by atoms with van der Waals surface area (Å²) in [6.45, 7) is 7.08. The molecule has 234 valence electrons. The van der Waals surface area contributed by atoms with E-state index in [1.807, 2.05) is 25.1 Å². The minimum atomic E-state index is -0.980. The Balaban J connectivity index is 1.24. The van der Waals surface area contributed by atoms with Gasteiger partial charge in [0.05, 0.1) is 17.6 Å². The molecule has 2 aliphatic rings. The van der Waals surface area contributed by atoms with Gasteiger partial charge in [0.25, 0.3) is 5.91 Å². The summed E-state index contributed by atoms with van der Waals surface area (Å²) in [6, 6.07) is 19.4. The van der Waals surface area contributed by atoms with Gasteiger partial charge >= 0.3 is 5.97 Å². The summed E-state index contributed by atoms with van der Waals surface area (Å²) in [6.07, 6.45) is 6.90. The molecule has 8 nitrogen and oxygen atoms in total. The normalized spacial score (nSPS) is 17.3. The number of carboxylic acid groups (broad SMARTS) is 1. The standard InChI is InChI=1S/C37H42N4O4/c1-4-25-20-24(12-15-29(25)26-16-18-40(19-17-26)36(43)23(3)42)21-28-14-13-27-8-6-9-30(35(27)28)32-10-7-11-34(39-32)41-33(5-2)31(22-38-41)37(44)45/h6-12,15,20,22-23,26,28,42H,4-5,13-14,16-19,21H2,1-3H3,(H,44,45). The second-order valence-corrected chi connectivity index (χ2v) is 12.4. The Hall–Kier alpha value is -4.30. The molecule has 3 heterocycles.